The maximum atomic E-state index is 14.4. The van der Waals surface area contributed by atoms with Crippen LogP contribution in [0.1, 0.15) is 6.92 Å². The van der Waals surface area contributed by atoms with Crippen LogP contribution in [0, 0.1) is 11.7 Å². The van der Waals surface area contributed by atoms with Gasteiger partial charge in [0, 0.05) is 30.6 Å². The fourth-order valence-electron chi connectivity index (χ4n) is 3.24. The summed E-state index contributed by atoms with van der Waals surface area (Å²) < 4.78 is 42.0. The molecule has 1 saturated heterocycles. The molecule has 2 aromatic heterocycles. The lowest BCUT2D eigenvalue weighted by Crippen LogP contribution is -2.19. The number of β-amino-alcohol motifs (C(OH)–C–C–N with tert-alkyl or cyclic N) is 1. The Labute approximate surface area is 164 Å². The van der Waals surface area contributed by atoms with Gasteiger partial charge in [0.1, 0.15) is 10.0 Å². The minimum atomic E-state index is -4.03. The quantitative estimate of drug-likeness (QED) is 0.598. The largest absolute Gasteiger partial charge is 0.391 e. The van der Waals surface area contributed by atoms with E-state index < -0.39 is 27.5 Å². The summed E-state index contributed by atoms with van der Waals surface area (Å²) in [5.74, 6) is -0.667. The van der Waals surface area contributed by atoms with E-state index in [4.69, 9.17) is 0 Å². The summed E-state index contributed by atoms with van der Waals surface area (Å²) >= 11 is 1.05. The van der Waals surface area contributed by atoms with Gasteiger partial charge in [0.05, 0.1) is 16.8 Å². The molecule has 0 amide bonds. The van der Waals surface area contributed by atoms with E-state index in [-0.39, 0.29) is 21.2 Å². The number of nitrogens with one attached hydrogen (secondary N) is 2. The molecular formula is C18H18FN3O4S2. The number of halogens is 1. The zero-order chi connectivity index (χ0) is 20.1. The number of nitrogens with zero attached hydrogens (tertiary/aromatic N) is 1. The maximum Gasteiger partial charge on any atom is 0.271 e. The average molecular weight is 423 g/mol. The van der Waals surface area contributed by atoms with E-state index in [9.17, 15) is 22.7 Å². The molecule has 1 fully saturated rings. The van der Waals surface area contributed by atoms with Gasteiger partial charge in [0.25, 0.3) is 15.6 Å². The summed E-state index contributed by atoms with van der Waals surface area (Å²) in [6.45, 7) is 3.01. The number of aromatic amines is 1. The monoisotopic (exact) mass is 423 g/mol. The van der Waals surface area contributed by atoms with Gasteiger partial charge in [-0.15, -0.1) is 11.3 Å². The van der Waals surface area contributed by atoms with Gasteiger partial charge < -0.3 is 15.0 Å². The fraction of sp³-hybridized carbons (Fsp3) is 0.278. The van der Waals surface area contributed by atoms with Gasteiger partial charge >= 0.3 is 0 Å². The molecule has 2 atom stereocenters. The number of aliphatic hydroxyl groups is 1. The molecule has 0 saturated carbocycles. The van der Waals surface area contributed by atoms with E-state index in [2.05, 4.69) is 9.71 Å². The lowest BCUT2D eigenvalue weighted by atomic mass is 10.1. The Morgan fingerprint density at radius 1 is 1.29 bits per heavy atom. The fourth-order valence-corrected chi connectivity index (χ4v) is 5.61. The molecule has 0 radical (unpaired) electrons. The molecule has 148 valence electrons. The van der Waals surface area contributed by atoms with Crippen LogP contribution in [-0.4, -0.2) is 37.7 Å². The first-order valence-corrected chi connectivity index (χ1v) is 10.9. The van der Waals surface area contributed by atoms with Crippen molar-refractivity contribution in [1.82, 2.24) is 4.98 Å². The molecule has 7 nitrogen and oxygen atoms in total. The number of benzene rings is 1. The summed E-state index contributed by atoms with van der Waals surface area (Å²) in [5, 5.41) is 11.2. The second-order valence-corrected chi connectivity index (χ2v) is 9.85. The van der Waals surface area contributed by atoms with Crippen molar-refractivity contribution < 1.29 is 17.9 Å². The summed E-state index contributed by atoms with van der Waals surface area (Å²) in [4.78, 5) is 16.3. The van der Waals surface area contributed by atoms with Crippen LogP contribution in [0.4, 0.5) is 15.1 Å². The van der Waals surface area contributed by atoms with Crippen molar-refractivity contribution in [2.75, 3.05) is 22.7 Å². The highest BCUT2D eigenvalue weighted by Crippen LogP contribution is 2.34. The van der Waals surface area contributed by atoms with E-state index in [0.717, 1.165) is 22.4 Å². The van der Waals surface area contributed by atoms with Crippen molar-refractivity contribution in [3.05, 3.63) is 52.7 Å². The highest BCUT2D eigenvalue weighted by Gasteiger charge is 2.29. The lowest BCUT2D eigenvalue weighted by molar-refractivity contribution is 0.157. The minimum Gasteiger partial charge on any atom is -0.391 e. The van der Waals surface area contributed by atoms with Gasteiger partial charge in [-0.3, -0.25) is 9.52 Å². The Morgan fingerprint density at radius 3 is 2.79 bits per heavy atom. The second-order valence-electron chi connectivity index (χ2n) is 6.87. The predicted octanol–water partition coefficient (Wildman–Crippen LogP) is 2.35. The number of pyridine rings is 1. The zero-order valence-electron chi connectivity index (χ0n) is 14.8. The number of H-pyrrole nitrogens is 1. The molecular weight excluding hydrogens is 405 g/mol. The number of sulfonamides is 1. The molecule has 4 rings (SSSR count). The van der Waals surface area contributed by atoms with E-state index in [0.29, 0.717) is 18.5 Å². The number of thiophene rings is 1. The Hall–Kier alpha value is -2.43. The Morgan fingerprint density at radius 2 is 2.07 bits per heavy atom. The van der Waals surface area contributed by atoms with Crippen molar-refractivity contribution in [2.45, 2.75) is 17.2 Å². The first-order chi connectivity index (χ1) is 13.2. The van der Waals surface area contributed by atoms with Crippen LogP contribution < -0.4 is 15.2 Å². The van der Waals surface area contributed by atoms with Crippen molar-refractivity contribution in [3.63, 3.8) is 0 Å². The smallest absolute Gasteiger partial charge is 0.271 e. The van der Waals surface area contributed by atoms with E-state index in [1.807, 2.05) is 11.8 Å². The van der Waals surface area contributed by atoms with Gasteiger partial charge in [-0.2, -0.15) is 0 Å². The standard InChI is InChI=1S/C18H18FN3O4S2/c1-10-8-22(9-15(10)23)16-2-3-17(27-16)28(25,26)21-14-7-12-11(6-13(14)19)4-5-20-18(12)24/h2-7,10,15,21,23H,8-9H2,1H3,(H,20,24)/t10-,15-/m0/s1. The number of aromatic nitrogens is 1. The Balaban J connectivity index is 1.63. The molecule has 0 aliphatic carbocycles. The highest BCUT2D eigenvalue weighted by atomic mass is 32.2. The zero-order valence-corrected chi connectivity index (χ0v) is 16.5. The van der Waals surface area contributed by atoms with Crippen molar-refractivity contribution in [3.8, 4) is 0 Å². The third kappa shape index (κ3) is 3.38. The molecule has 0 unspecified atom stereocenters. The summed E-state index contributed by atoms with van der Waals surface area (Å²) in [6, 6.07) is 6.97. The first-order valence-electron chi connectivity index (χ1n) is 8.61. The van der Waals surface area contributed by atoms with Gasteiger partial charge in [0.15, 0.2) is 0 Å². The van der Waals surface area contributed by atoms with Gasteiger partial charge in [0.2, 0.25) is 0 Å². The first kappa shape index (κ1) is 18.9. The number of aliphatic hydroxyl groups excluding tert-OH is 1. The molecule has 28 heavy (non-hydrogen) atoms. The van der Waals surface area contributed by atoms with E-state index >= 15 is 0 Å². The van der Waals surface area contributed by atoms with Crippen molar-refractivity contribution in [2.24, 2.45) is 5.92 Å². The third-order valence-electron chi connectivity index (χ3n) is 4.82. The summed E-state index contributed by atoms with van der Waals surface area (Å²) in [6.07, 6.45) is 0.946. The average Bonchev–Trinajstić information content (AvgIpc) is 3.24. The predicted molar refractivity (Wildman–Crippen MR) is 107 cm³/mol. The molecule has 3 N–H and O–H groups in total. The van der Waals surface area contributed by atoms with Gasteiger partial charge in [-0.25, -0.2) is 12.8 Å². The Kier molecular flexibility index (Phi) is 4.64. The second kappa shape index (κ2) is 6.87. The lowest BCUT2D eigenvalue weighted by Gasteiger charge is -2.14. The molecule has 3 aromatic rings. The van der Waals surface area contributed by atoms with E-state index in [1.165, 1.54) is 24.4 Å². The minimum absolute atomic E-state index is 0.0259. The number of rotatable bonds is 4. The van der Waals surface area contributed by atoms with Crippen LogP contribution in [0.15, 0.2) is 45.5 Å². The topological polar surface area (TPSA) is 103 Å². The van der Waals surface area contributed by atoms with Crippen LogP contribution in [0.25, 0.3) is 10.8 Å². The normalized spacial score (nSPS) is 20.0. The number of hydrogen-bond donors (Lipinski definition) is 3. The molecule has 1 aliphatic rings. The Bertz CT molecular complexity index is 1200. The number of fused-ring (bicyclic) bond motifs is 1. The summed E-state index contributed by atoms with van der Waals surface area (Å²) in [7, 11) is -4.03. The highest BCUT2D eigenvalue weighted by molar-refractivity contribution is 7.94. The molecule has 0 spiro atoms. The van der Waals surface area contributed by atoms with Crippen LogP contribution in [0.5, 0.6) is 0 Å². The summed E-state index contributed by atoms with van der Waals surface area (Å²) in [5.41, 5.74) is -0.720. The molecule has 3 heterocycles. The molecule has 1 aromatic carbocycles. The molecule has 1 aliphatic heterocycles. The SMILES string of the molecule is C[C@H]1CN(c2ccc(S(=O)(=O)Nc3cc4c(=O)[nH]ccc4cc3F)s2)C[C@@H]1O. The van der Waals surface area contributed by atoms with E-state index in [1.54, 1.807) is 6.07 Å². The van der Waals surface area contributed by atoms with Crippen molar-refractivity contribution >= 4 is 42.8 Å². The molecule has 0 bridgehead atoms. The molecule has 10 heteroatoms. The van der Waals surface area contributed by atoms with Crippen LogP contribution in [0.3, 0.4) is 0 Å². The number of hydrogen-bond acceptors (Lipinski definition) is 6. The van der Waals surface area contributed by atoms with Crippen LogP contribution in [0.2, 0.25) is 0 Å². The van der Waals surface area contributed by atoms with Crippen LogP contribution >= 0.6 is 11.3 Å². The van der Waals surface area contributed by atoms with Gasteiger partial charge in [-0.05, 0) is 35.7 Å². The van der Waals surface area contributed by atoms with Gasteiger partial charge in [-0.1, -0.05) is 6.92 Å². The maximum absolute atomic E-state index is 14.4. The third-order valence-corrected chi connectivity index (χ3v) is 7.83. The number of anilines is 2. The van der Waals surface area contributed by atoms with Crippen LogP contribution in [-0.2, 0) is 10.0 Å². The van der Waals surface area contributed by atoms with Crippen molar-refractivity contribution in [1.29, 1.82) is 0 Å².